The molecule has 3 aromatic rings. The van der Waals surface area contributed by atoms with Crippen LogP contribution in [-0.4, -0.2) is 16.0 Å². The van der Waals surface area contributed by atoms with Crippen LogP contribution in [0.15, 0.2) is 54.7 Å². The van der Waals surface area contributed by atoms with Crippen molar-refractivity contribution in [2.24, 2.45) is 0 Å². The molecule has 1 aromatic heterocycles. The lowest BCUT2D eigenvalue weighted by molar-refractivity contribution is -0.137. The Kier molecular flexibility index (Phi) is 5.36. The van der Waals surface area contributed by atoms with E-state index in [-0.39, 0.29) is 12.1 Å². The van der Waals surface area contributed by atoms with Gasteiger partial charge in [0, 0.05) is 43.2 Å². The number of alkyl halides is 3. The highest BCUT2D eigenvalue weighted by molar-refractivity contribution is 5.33. The first-order valence-electron chi connectivity index (χ1n) is 9.43. The maximum atomic E-state index is 14.7. The van der Waals surface area contributed by atoms with E-state index in [0.29, 0.717) is 36.8 Å². The van der Waals surface area contributed by atoms with Crippen LogP contribution in [0.3, 0.4) is 0 Å². The predicted octanol–water partition coefficient (Wildman–Crippen LogP) is 5.92. The summed E-state index contributed by atoms with van der Waals surface area (Å²) in [5.41, 5.74) is 0.249. The Morgan fingerprint density at radius 3 is 2.40 bits per heavy atom. The maximum Gasteiger partial charge on any atom is 0.416 e. The van der Waals surface area contributed by atoms with Crippen molar-refractivity contribution in [3.63, 3.8) is 0 Å². The van der Waals surface area contributed by atoms with Gasteiger partial charge in [0.2, 0.25) is 0 Å². The molecule has 0 aliphatic carbocycles. The van der Waals surface area contributed by atoms with Gasteiger partial charge in [0.05, 0.1) is 11.6 Å². The summed E-state index contributed by atoms with van der Waals surface area (Å²) in [6.45, 7) is 1.17. The Morgan fingerprint density at radius 1 is 0.867 bits per heavy atom. The zero-order chi connectivity index (χ0) is 21.5. The van der Waals surface area contributed by atoms with Crippen LogP contribution in [0.5, 0.6) is 0 Å². The van der Waals surface area contributed by atoms with Crippen LogP contribution in [0.2, 0.25) is 0 Å². The van der Waals surface area contributed by atoms with Gasteiger partial charge in [-0.1, -0.05) is 18.2 Å². The molecule has 1 aliphatic heterocycles. The van der Waals surface area contributed by atoms with E-state index in [1.54, 1.807) is 23.1 Å². The van der Waals surface area contributed by atoms with Crippen LogP contribution in [0, 0.1) is 17.5 Å². The van der Waals surface area contributed by atoms with Gasteiger partial charge in [-0.05, 0) is 36.2 Å². The molecule has 0 radical (unpaired) electrons. The number of fused-ring (bicyclic) bond motifs is 1. The van der Waals surface area contributed by atoms with Crippen LogP contribution >= 0.6 is 0 Å². The van der Waals surface area contributed by atoms with Gasteiger partial charge in [-0.15, -0.1) is 0 Å². The summed E-state index contributed by atoms with van der Waals surface area (Å²) in [5.74, 6) is -3.36. The standard InChI is InChI=1S/C22H18F6N2/c23-17-12-19(25)18(24)11-16(17)21-20-6-2-7-29(20)8-3-9-30(21)13-14-4-1-5-15(10-14)22(26,27)28/h1-2,4-7,10-12,21H,3,8-9,13H2/t21-/m1/s1. The van der Waals surface area contributed by atoms with Crippen molar-refractivity contribution in [1.82, 2.24) is 9.47 Å². The molecular formula is C22H18F6N2. The number of aromatic nitrogens is 1. The summed E-state index contributed by atoms with van der Waals surface area (Å²) >= 11 is 0. The van der Waals surface area contributed by atoms with Gasteiger partial charge in [-0.25, -0.2) is 13.2 Å². The van der Waals surface area contributed by atoms with Gasteiger partial charge in [-0.3, -0.25) is 4.90 Å². The highest BCUT2D eigenvalue weighted by Gasteiger charge is 2.33. The Morgan fingerprint density at radius 2 is 1.63 bits per heavy atom. The molecular weight excluding hydrogens is 406 g/mol. The topological polar surface area (TPSA) is 8.17 Å². The second kappa shape index (κ2) is 7.83. The van der Waals surface area contributed by atoms with Gasteiger partial charge >= 0.3 is 6.18 Å². The SMILES string of the molecule is Fc1cc(F)c([C@@H]2c3cccn3CCCN2Cc2cccc(C(F)(F)F)c2)cc1F. The molecule has 30 heavy (non-hydrogen) atoms. The molecule has 2 aromatic carbocycles. The van der Waals surface area contributed by atoms with Crippen molar-refractivity contribution >= 4 is 0 Å². The summed E-state index contributed by atoms with van der Waals surface area (Å²) < 4.78 is 83.4. The number of rotatable bonds is 3. The number of aryl methyl sites for hydroxylation is 1. The average molecular weight is 424 g/mol. The van der Waals surface area contributed by atoms with E-state index in [9.17, 15) is 26.3 Å². The molecule has 158 valence electrons. The lowest BCUT2D eigenvalue weighted by atomic mass is 9.99. The van der Waals surface area contributed by atoms with E-state index in [1.165, 1.54) is 6.07 Å². The largest absolute Gasteiger partial charge is 0.416 e. The molecule has 0 bridgehead atoms. The molecule has 1 aliphatic rings. The number of nitrogens with zero attached hydrogens (tertiary/aromatic N) is 2. The average Bonchev–Trinajstić information content (AvgIpc) is 3.07. The minimum absolute atomic E-state index is 0.0530. The van der Waals surface area contributed by atoms with Crippen LogP contribution in [0.1, 0.15) is 34.8 Å². The first-order valence-corrected chi connectivity index (χ1v) is 9.43. The molecule has 4 rings (SSSR count). The molecule has 2 heterocycles. The van der Waals surface area contributed by atoms with Crippen LogP contribution in [-0.2, 0) is 19.3 Å². The first kappa shape index (κ1) is 20.5. The summed E-state index contributed by atoms with van der Waals surface area (Å²) in [6, 6.07) is 9.04. The van der Waals surface area contributed by atoms with Crippen molar-refractivity contribution < 1.29 is 26.3 Å². The quantitative estimate of drug-likeness (QED) is 0.374. The fraction of sp³-hybridized carbons (Fsp3) is 0.273. The molecule has 0 unspecified atom stereocenters. The van der Waals surface area contributed by atoms with Gasteiger partial charge < -0.3 is 4.57 Å². The van der Waals surface area contributed by atoms with E-state index in [0.717, 1.165) is 18.2 Å². The maximum absolute atomic E-state index is 14.7. The third-order valence-electron chi connectivity index (χ3n) is 5.33. The fourth-order valence-electron chi connectivity index (χ4n) is 3.99. The second-order valence-electron chi connectivity index (χ2n) is 7.34. The molecule has 0 saturated carbocycles. The zero-order valence-electron chi connectivity index (χ0n) is 15.8. The normalized spacial score (nSPS) is 17.6. The van der Waals surface area contributed by atoms with E-state index in [2.05, 4.69) is 0 Å². The highest BCUT2D eigenvalue weighted by atomic mass is 19.4. The number of hydrogen-bond acceptors (Lipinski definition) is 1. The first-order chi connectivity index (χ1) is 14.2. The lowest BCUT2D eigenvalue weighted by Gasteiger charge is -2.31. The summed E-state index contributed by atoms with van der Waals surface area (Å²) in [6.07, 6.45) is -1.99. The molecule has 0 amide bonds. The Bertz CT molecular complexity index is 1060. The molecule has 0 N–H and O–H groups in total. The second-order valence-corrected chi connectivity index (χ2v) is 7.34. The summed E-state index contributed by atoms with van der Waals surface area (Å²) in [7, 11) is 0. The number of hydrogen-bond donors (Lipinski definition) is 0. The van der Waals surface area contributed by atoms with Crippen molar-refractivity contribution in [2.75, 3.05) is 6.54 Å². The molecule has 8 heteroatoms. The van der Waals surface area contributed by atoms with Crippen molar-refractivity contribution in [3.8, 4) is 0 Å². The number of halogens is 6. The van der Waals surface area contributed by atoms with Crippen LogP contribution in [0.4, 0.5) is 26.3 Å². The van der Waals surface area contributed by atoms with Crippen molar-refractivity contribution in [3.05, 3.63) is 94.6 Å². The van der Waals surface area contributed by atoms with E-state index >= 15 is 0 Å². The Labute approximate surface area is 169 Å². The summed E-state index contributed by atoms with van der Waals surface area (Å²) in [4.78, 5) is 1.80. The monoisotopic (exact) mass is 424 g/mol. The van der Waals surface area contributed by atoms with Crippen molar-refractivity contribution in [2.45, 2.75) is 31.7 Å². The van der Waals surface area contributed by atoms with E-state index in [1.807, 2.05) is 10.8 Å². The molecule has 2 nitrogen and oxygen atoms in total. The fourth-order valence-corrected chi connectivity index (χ4v) is 3.99. The predicted molar refractivity (Wildman–Crippen MR) is 99.1 cm³/mol. The minimum Gasteiger partial charge on any atom is -0.350 e. The van der Waals surface area contributed by atoms with Gasteiger partial charge in [0.15, 0.2) is 11.6 Å². The number of benzene rings is 2. The molecule has 0 saturated heterocycles. The third kappa shape index (κ3) is 3.96. The Balaban J connectivity index is 1.77. The zero-order valence-corrected chi connectivity index (χ0v) is 15.8. The van der Waals surface area contributed by atoms with E-state index in [4.69, 9.17) is 0 Å². The lowest BCUT2D eigenvalue weighted by Crippen LogP contribution is -2.30. The molecule has 0 spiro atoms. The smallest absolute Gasteiger partial charge is 0.350 e. The van der Waals surface area contributed by atoms with Gasteiger partial charge in [0.1, 0.15) is 5.82 Å². The van der Waals surface area contributed by atoms with E-state index < -0.39 is 35.2 Å². The molecule has 1 atom stereocenters. The minimum atomic E-state index is -4.48. The third-order valence-corrected chi connectivity index (χ3v) is 5.33. The van der Waals surface area contributed by atoms with Gasteiger partial charge in [-0.2, -0.15) is 13.2 Å². The highest BCUT2D eigenvalue weighted by Crippen LogP contribution is 2.36. The Hall–Kier alpha value is -2.74. The van der Waals surface area contributed by atoms with Crippen LogP contribution < -0.4 is 0 Å². The molecule has 0 fully saturated rings. The van der Waals surface area contributed by atoms with Gasteiger partial charge in [0.25, 0.3) is 0 Å². The van der Waals surface area contributed by atoms with Crippen molar-refractivity contribution in [1.29, 1.82) is 0 Å². The summed E-state index contributed by atoms with van der Waals surface area (Å²) in [5, 5.41) is 0. The van der Waals surface area contributed by atoms with Crippen LogP contribution in [0.25, 0.3) is 0 Å².